The minimum Gasteiger partial charge on any atom is -0.475 e. The van der Waals surface area contributed by atoms with Gasteiger partial charge in [0.25, 0.3) is 0 Å². The first-order valence-electron chi connectivity index (χ1n) is 7.34. The van der Waals surface area contributed by atoms with E-state index in [0.717, 1.165) is 25.2 Å². The molecule has 2 amide bonds. The first-order chi connectivity index (χ1) is 10.1. The Morgan fingerprint density at radius 1 is 1.48 bits per heavy atom. The van der Waals surface area contributed by atoms with Crippen molar-refractivity contribution in [3.8, 4) is 5.88 Å². The first-order valence-corrected chi connectivity index (χ1v) is 7.34. The Morgan fingerprint density at radius 3 is 2.95 bits per heavy atom. The highest BCUT2D eigenvalue weighted by molar-refractivity contribution is 5.73. The van der Waals surface area contributed by atoms with Crippen molar-refractivity contribution in [2.24, 2.45) is 5.92 Å². The van der Waals surface area contributed by atoms with Crippen LogP contribution in [-0.4, -0.2) is 36.9 Å². The van der Waals surface area contributed by atoms with Crippen molar-refractivity contribution in [3.63, 3.8) is 0 Å². The van der Waals surface area contributed by atoms with E-state index in [2.05, 4.69) is 15.6 Å². The van der Waals surface area contributed by atoms with Gasteiger partial charge in [-0.25, -0.2) is 9.78 Å². The average Bonchev–Trinajstić information content (AvgIpc) is 2.97. The largest absolute Gasteiger partial charge is 0.475 e. The monoisotopic (exact) mass is 293 g/mol. The van der Waals surface area contributed by atoms with E-state index in [4.69, 9.17) is 9.47 Å². The van der Waals surface area contributed by atoms with Crippen LogP contribution in [0.1, 0.15) is 25.8 Å². The van der Waals surface area contributed by atoms with Crippen molar-refractivity contribution >= 4 is 6.03 Å². The Balaban J connectivity index is 1.68. The van der Waals surface area contributed by atoms with Crippen molar-refractivity contribution in [2.45, 2.75) is 32.9 Å². The van der Waals surface area contributed by atoms with E-state index in [1.807, 2.05) is 26.0 Å². The molecule has 6 nitrogen and oxygen atoms in total. The lowest BCUT2D eigenvalue weighted by Gasteiger charge is -2.11. The normalized spacial score (nSPS) is 17.8. The van der Waals surface area contributed by atoms with Gasteiger partial charge in [0.15, 0.2) is 0 Å². The summed E-state index contributed by atoms with van der Waals surface area (Å²) in [4.78, 5) is 15.9. The van der Waals surface area contributed by atoms with E-state index in [9.17, 15) is 4.79 Å². The standard InChI is InChI=1S/C15H23N3O3/c1-11(2)21-14-4-3-12(7-16-14)8-17-15(19)18-9-13-5-6-20-10-13/h3-4,7,11,13H,5-6,8-10H2,1-2H3,(H2,17,18,19)/t13-/m0/s1. The lowest BCUT2D eigenvalue weighted by atomic mass is 10.1. The highest BCUT2D eigenvalue weighted by atomic mass is 16.5. The number of pyridine rings is 1. The molecule has 0 spiro atoms. The third kappa shape index (κ3) is 5.59. The fourth-order valence-corrected chi connectivity index (χ4v) is 2.05. The number of nitrogens with one attached hydrogen (secondary N) is 2. The highest BCUT2D eigenvalue weighted by Gasteiger charge is 2.16. The molecule has 0 unspecified atom stereocenters. The topological polar surface area (TPSA) is 72.5 Å². The number of urea groups is 1. The second-order valence-corrected chi connectivity index (χ2v) is 5.46. The summed E-state index contributed by atoms with van der Waals surface area (Å²) in [6.07, 6.45) is 2.83. The molecule has 1 saturated heterocycles. The van der Waals surface area contributed by atoms with E-state index in [1.54, 1.807) is 6.20 Å². The predicted octanol–water partition coefficient (Wildman–Crippen LogP) is 1.70. The lowest BCUT2D eigenvalue weighted by molar-refractivity contribution is 0.185. The van der Waals surface area contributed by atoms with Crippen LogP contribution in [-0.2, 0) is 11.3 Å². The Hall–Kier alpha value is -1.82. The van der Waals surface area contributed by atoms with Gasteiger partial charge in [0.2, 0.25) is 5.88 Å². The number of carbonyl (C=O) groups is 1. The fourth-order valence-electron chi connectivity index (χ4n) is 2.05. The molecule has 0 bridgehead atoms. The van der Waals surface area contributed by atoms with Crippen LogP contribution in [0.5, 0.6) is 5.88 Å². The van der Waals surface area contributed by atoms with Crippen molar-refractivity contribution < 1.29 is 14.3 Å². The number of amides is 2. The van der Waals surface area contributed by atoms with Gasteiger partial charge in [0.1, 0.15) is 0 Å². The first kappa shape index (κ1) is 15.6. The van der Waals surface area contributed by atoms with Crippen LogP contribution < -0.4 is 15.4 Å². The maximum absolute atomic E-state index is 11.7. The van der Waals surface area contributed by atoms with E-state index in [-0.39, 0.29) is 12.1 Å². The van der Waals surface area contributed by atoms with Gasteiger partial charge >= 0.3 is 6.03 Å². The molecule has 0 aliphatic carbocycles. The molecule has 0 radical (unpaired) electrons. The molecule has 2 heterocycles. The molecule has 1 aliphatic rings. The summed E-state index contributed by atoms with van der Waals surface area (Å²) in [6.45, 7) is 6.55. The number of hydrogen-bond donors (Lipinski definition) is 2. The van der Waals surface area contributed by atoms with E-state index in [1.165, 1.54) is 0 Å². The van der Waals surface area contributed by atoms with Gasteiger partial charge in [-0.15, -0.1) is 0 Å². The second kappa shape index (κ2) is 7.83. The Kier molecular flexibility index (Phi) is 5.80. The minimum atomic E-state index is -0.163. The number of aromatic nitrogens is 1. The molecule has 21 heavy (non-hydrogen) atoms. The van der Waals surface area contributed by atoms with Gasteiger partial charge < -0.3 is 20.1 Å². The third-order valence-electron chi connectivity index (χ3n) is 3.18. The van der Waals surface area contributed by atoms with Gasteiger partial charge in [0, 0.05) is 37.9 Å². The van der Waals surface area contributed by atoms with Crippen molar-refractivity contribution in [1.29, 1.82) is 0 Å². The van der Waals surface area contributed by atoms with E-state index < -0.39 is 0 Å². The van der Waals surface area contributed by atoms with Gasteiger partial charge in [-0.2, -0.15) is 0 Å². The Morgan fingerprint density at radius 2 is 2.33 bits per heavy atom. The van der Waals surface area contributed by atoms with Gasteiger partial charge in [0.05, 0.1) is 12.7 Å². The minimum absolute atomic E-state index is 0.104. The predicted molar refractivity (Wildman–Crippen MR) is 79.2 cm³/mol. The van der Waals surface area contributed by atoms with E-state index >= 15 is 0 Å². The smallest absolute Gasteiger partial charge is 0.315 e. The Labute approximate surface area is 125 Å². The van der Waals surface area contributed by atoms with Gasteiger partial charge in [-0.1, -0.05) is 6.07 Å². The molecule has 1 aromatic heterocycles. The summed E-state index contributed by atoms with van der Waals surface area (Å²) in [6, 6.07) is 3.55. The molecule has 1 aromatic rings. The lowest BCUT2D eigenvalue weighted by Crippen LogP contribution is -2.38. The van der Waals surface area contributed by atoms with Crippen LogP contribution in [0.15, 0.2) is 18.3 Å². The fraction of sp³-hybridized carbons (Fsp3) is 0.600. The molecular weight excluding hydrogens is 270 g/mol. The third-order valence-corrected chi connectivity index (χ3v) is 3.18. The summed E-state index contributed by atoms with van der Waals surface area (Å²) >= 11 is 0. The van der Waals surface area contributed by atoms with Crippen LogP contribution in [0.3, 0.4) is 0 Å². The molecule has 2 N–H and O–H groups in total. The number of hydrogen-bond acceptors (Lipinski definition) is 4. The van der Waals surface area contributed by atoms with Crippen LogP contribution in [0.2, 0.25) is 0 Å². The average molecular weight is 293 g/mol. The van der Waals surface area contributed by atoms with Crippen molar-refractivity contribution in [3.05, 3.63) is 23.9 Å². The molecule has 116 valence electrons. The summed E-state index contributed by atoms with van der Waals surface area (Å²) in [5.74, 6) is 1.03. The molecule has 1 aliphatic heterocycles. The SMILES string of the molecule is CC(C)Oc1ccc(CNC(=O)NC[C@@H]2CCOC2)cn1. The molecule has 1 fully saturated rings. The second-order valence-electron chi connectivity index (χ2n) is 5.46. The molecule has 1 atom stereocenters. The van der Waals surface area contributed by atoms with Gasteiger partial charge in [-0.3, -0.25) is 0 Å². The zero-order valence-corrected chi connectivity index (χ0v) is 12.6. The van der Waals surface area contributed by atoms with Crippen molar-refractivity contribution in [2.75, 3.05) is 19.8 Å². The maximum Gasteiger partial charge on any atom is 0.315 e. The maximum atomic E-state index is 11.7. The molecule has 0 aromatic carbocycles. The van der Waals surface area contributed by atoms with E-state index in [0.29, 0.717) is 24.9 Å². The zero-order chi connectivity index (χ0) is 15.1. The van der Waals surface area contributed by atoms with Crippen LogP contribution in [0.4, 0.5) is 4.79 Å². The van der Waals surface area contributed by atoms with Crippen LogP contribution >= 0.6 is 0 Å². The highest BCUT2D eigenvalue weighted by Crippen LogP contribution is 2.11. The summed E-state index contributed by atoms with van der Waals surface area (Å²) in [5, 5.41) is 5.67. The zero-order valence-electron chi connectivity index (χ0n) is 12.6. The molecular formula is C15H23N3O3. The summed E-state index contributed by atoms with van der Waals surface area (Å²) < 4.78 is 10.7. The number of ether oxygens (including phenoxy) is 2. The number of rotatable bonds is 6. The number of carbonyl (C=O) groups excluding carboxylic acids is 1. The van der Waals surface area contributed by atoms with Crippen LogP contribution in [0.25, 0.3) is 0 Å². The van der Waals surface area contributed by atoms with Gasteiger partial charge in [-0.05, 0) is 25.8 Å². The van der Waals surface area contributed by atoms with Crippen LogP contribution in [0, 0.1) is 5.92 Å². The summed E-state index contributed by atoms with van der Waals surface area (Å²) in [7, 11) is 0. The van der Waals surface area contributed by atoms with Crippen molar-refractivity contribution in [1.82, 2.24) is 15.6 Å². The summed E-state index contributed by atoms with van der Waals surface area (Å²) in [5.41, 5.74) is 0.936. The molecule has 0 saturated carbocycles. The molecule has 6 heteroatoms. The molecule has 2 rings (SSSR count). The Bertz CT molecular complexity index is 442. The quantitative estimate of drug-likeness (QED) is 0.837. The number of nitrogens with zero attached hydrogens (tertiary/aromatic N) is 1.